The molecule has 1 spiro atoms. The van der Waals surface area contributed by atoms with Gasteiger partial charge in [-0.1, -0.05) is 133 Å². The number of fused-ring (bicyclic) bond motifs is 10. The smallest absolute Gasteiger partial charge is 0.160 e. The predicted octanol–water partition coefficient (Wildman–Crippen LogP) is 12.2. The summed E-state index contributed by atoms with van der Waals surface area (Å²) in [6, 6.07) is 62.2. The Bertz CT molecular complexity index is 2870. The number of hydrogen-bond donors (Lipinski definition) is 0. The lowest BCUT2D eigenvalue weighted by molar-refractivity contribution is 0.436. The van der Waals surface area contributed by atoms with Gasteiger partial charge in [0.05, 0.1) is 16.8 Å². The van der Waals surface area contributed by atoms with E-state index in [1.165, 1.54) is 27.6 Å². The number of nitrogens with zero attached hydrogens (tertiary/aromatic N) is 3. The second-order valence-corrected chi connectivity index (χ2v) is 14.0. The molecule has 1 aliphatic carbocycles. The first-order valence-electron chi connectivity index (χ1n) is 18.3. The highest BCUT2D eigenvalue weighted by molar-refractivity contribution is 5.97. The molecule has 0 amide bonds. The summed E-state index contributed by atoms with van der Waals surface area (Å²) in [6.07, 6.45) is 3.71. The van der Waals surface area contributed by atoms with Crippen LogP contribution in [-0.2, 0) is 5.41 Å². The van der Waals surface area contributed by atoms with Gasteiger partial charge in [0.25, 0.3) is 0 Å². The Balaban J connectivity index is 1.19. The SMILES string of the molecule is c1ccc(-c2cc(-c3cccc4ccccc34)nc(-c3ccc4c(c3)C3(c5ccccc5Oc5ccccc53)c3cc(-c5ccncc5)ccc3-4)n2)cc1. The summed E-state index contributed by atoms with van der Waals surface area (Å²) in [4.78, 5) is 14.9. The summed E-state index contributed by atoms with van der Waals surface area (Å²) in [7, 11) is 0. The average Bonchev–Trinajstić information content (AvgIpc) is 3.53. The maximum absolute atomic E-state index is 6.66. The fraction of sp³-hybridized carbons (Fsp3) is 0.0200. The van der Waals surface area contributed by atoms with Gasteiger partial charge in [-0.25, -0.2) is 9.97 Å². The van der Waals surface area contributed by atoms with Gasteiger partial charge in [-0.3, -0.25) is 4.98 Å². The van der Waals surface area contributed by atoms with E-state index in [4.69, 9.17) is 14.7 Å². The Morgan fingerprint density at radius 1 is 0.389 bits per heavy atom. The molecule has 0 unspecified atom stereocenters. The molecule has 4 nitrogen and oxygen atoms in total. The highest BCUT2D eigenvalue weighted by Gasteiger charge is 2.51. The summed E-state index contributed by atoms with van der Waals surface area (Å²) < 4.78 is 6.66. The van der Waals surface area contributed by atoms with Gasteiger partial charge in [-0.05, 0) is 86.6 Å². The minimum absolute atomic E-state index is 0.648. The Morgan fingerprint density at radius 3 is 1.76 bits per heavy atom. The third-order valence-corrected chi connectivity index (χ3v) is 11.1. The summed E-state index contributed by atoms with van der Waals surface area (Å²) in [5, 5.41) is 2.34. The molecule has 252 valence electrons. The predicted molar refractivity (Wildman–Crippen MR) is 216 cm³/mol. The number of aromatic nitrogens is 3. The molecule has 0 saturated heterocycles. The van der Waals surface area contributed by atoms with E-state index in [0.29, 0.717) is 5.82 Å². The van der Waals surface area contributed by atoms with Gasteiger partial charge in [0.2, 0.25) is 0 Å². The quantitative estimate of drug-likeness (QED) is 0.185. The van der Waals surface area contributed by atoms with Crippen LogP contribution < -0.4 is 4.74 Å². The topological polar surface area (TPSA) is 47.9 Å². The van der Waals surface area contributed by atoms with Crippen molar-refractivity contribution in [1.82, 2.24) is 15.0 Å². The number of ether oxygens (including phenoxy) is 1. The number of rotatable bonds is 4. The van der Waals surface area contributed by atoms with Crippen LogP contribution in [-0.4, -0.2) is 15.0 Å². The first-order chi connectivity index (χ1) is 26.8. The highest BCUT2D eigenvalue weighted by Crippen LogP contribution is 2.62. The van der Waals surface area contributed by atoms with Crippen molar-refractivity contribution < 1.29 is 4.74 Å². The molecule has 1 aliphatic heterocycles. The van der Waals surface area contributed by atoms with E-state index in [2.05, 4.69) is 175 Å². The Kier molecular flexibility index (Phi) is 6.73. The van der Waals surface area contributed by atoms with Crippen molar-refractivity contribution in [3.8, 4) is 67.7 Å². The van der Waals surface area contributed by atoms with E-state index in [0.717, 1.165) is 67.2 Å². The first-order valence-corrected chi connectivity index (χ1v) is 18.3. The summed E-state index contributed by atoms with van der Waals surface area (Å²) in [5.74, 6) is 2.39. The average molecular weight is 690 g/mol. The maximum Gasteiger partial charge on any atom is 0.160 e. The summed E-state index contributed by atoms with van der Waals surface area (Å²) in [6.45, 7) is 0. The number of hydrogen-bond acceptors (Lipinski definition) is 4. The van der Waals surface area contributed by atoms with E-state index in [1.54, 1.807) is 0 Å². The fourth-order valence-corrected chi connectivity index (χ4v) is 8.68. The molecule has 0 fully saturated rings. The monoisotopic (exact) mass is 689 g/mol. The lowest BCUT2D eigenvalue weighted by Crippen LogP contribution is -2.32. The zero-order valence-electron chi connectivity index (χ0n) is 29.1. The van der Waals surface area contributed by atoms with Crippen molar-refractivity contribution in [2.75, 3.05) is 0 Å². The third-order valence-electron chi connectivity index (χ3n) is 11.1. The van der Waals surface area contributed by atoms with Crippen molar-refractivity contribution in [3.05, 3.63) is 211 Å². The molecular weight excluding hydrogens is 659 g/mol. The van der Waals surface area contributed by atoms with Crippen LogP contribution in [0.2, 0.25) is 0 Å². The molecule has 7 aromatic carbocycles. The van der Waals surface area contributed by atoms with Crippen molar-refractivity contribution >= 4 is 10.8 Å². The van der Waals surface area contributed by atoms with Gasteiger partial charge < -0.3 is 4.74 Å². The molecule has 0 atom stereocenters. The van der Waals surface area contributed by atoms with E-state index < -0.39 is 5.41 Å². The third kappa shape index (κ3) is 4.53. The van der Waals surface area contributed by atoms with Crippen molar-refractivity contribution in [3.63, 3.8) is 0 Å². The number of benzene rings is 7. The molecule has 9 aromatic rings. The second-order valence-electron chi connectivity index (χ2n) is 14.0. The van der Waals surface area contributed by atoms with Gasteiger partial charge >= 0.3 is 0 Å². The molecule has 54 heavy (non-hydrogen) atoms. The van der Waals surface area contributed by atoms with Crippen LogP contribution in [0.1, 0.15) is 22.3 Å². The number of para-hydroxylation sites is 2. The van der Waals surface area contributed by atoms with Gasteiger partial charge in [0.15, 0.2) is 5.82 Å². The van der Waals surface area contributed by atoms with Gasteiger partial charge in [0.1, 0.15) is 11.5 Å². The number of pyridine rings is 1. The zero-order chi connectivity index (χ0) is 35.6. The van der Waals surface area contributed by atoms with E-state index in [1.807, 2.05) is 18.5 Å². The zero-order valence-corrected chi connectivity index (χ0v) is 29.1. The standard InChI is InChI=1S/C50H31N3O/c1-2-12-34(13-3-1)45-31-46(40-16-10-14-33-11-4-5-15-37(33)40)53-49(52-45)36-22-24-39-38-23-21-35(32-25-27-51-28-26-32)29-43(38)50(44(39)30-36)41-17-6-8-19-47(41)54-48-20-9-7-18-42(48)50/h1-31H. The van der Waals surface area contributed by atoms with Gasteiger partial charge in [-0.15, -0.1) is 0 Å². The molecule has 11 rings (SSSR count). The van der Waals surface area contributed by atoms with Crippen molar-refractivity contribution in [2.45, 2.75) is 5.41 Å². The Labute approximate surface area is 313 Å². The molecule has 0 saturated carbocycles. The van der Waals surface area contributed by atoms with Crippen LogP contribution in [0.5, 0.6) is 11.5 Å². The lowest BCUT2D eigenvalue weighted by Gasteiger charge is -2.39. The normalized spacial score (nSPS) is 13.1. The first kappa shape index (κ1) is 30.5. The van der Waals surface area contributed by atoms with E-state index >= 15 is 0 Å². The molecule has 0 N–H and O–H groups in total. The van der Waals surface area contributed by atoms with Crippen LogP contribution in [0, 0.1) is 0 Å². The van der Waals surface area contributed by atoms with Gasteiger partial charge in [-0.2, -0.15) is 0 Å². The largest absolute Gasteiger partial charge is 0.457 e. The van der Waals surface area contributed by atoms with E-state index in [-0.39, 0.29) is 0 Å². The fourth-order valence-electron chi connectivity index (χ4n) is 8.68. The van der Waals surface area contributed by atoms with E-state index in [9.17, 15) is 0 Å². The molecule has 2 aliphatic rings. The molecule has 0 radical (unpaired) electrons. The molecular formula is C50H31N3O. The Hall–Kier alpha value is -7.17. The molecule has 0 bridgehead atoms. The van der Waals surface area contributed by atoms with Crippen LogP contribution in [0.25, 0.3) is 66.9 Å². The highest BCUT2D eigenvalue weighted by atomic mass is 16.5. The summed E-state index contributed by atoms with van der Waals surface area (Å²) >= 11 is 0. The van der Waals surface area contributed by atoms with Gasteiger partial charge in [0, 0.05) is 40.2 Å². The van der Waals surface area contributed by atoms with Crippen LogP contribution in [0.3, 0.4) is 0 Å². The molecule has 3 heterocycles. The minimum Gasteiger partial charge on any atom is -0.457 e. The molecule has 4 heteroatoms. The minimum atomic E-state index is -0.648. The van der Waals surface area contributed by atoms with Crippen molar-refractivity contribution in [1.29, 1.82) is 0 Å². The Morgan fingerprint density at radius 2 is 1.00 bits per heavy atom. The second kappa shape index (κ2) is 11.9. The maximum atomic E-state index is 6.66. The van der Waals surface area contributed by atoms with Crippen molar-refractivity contribution in [2.24, 2.45) is 0 Å². The van der Waals surface area contributed by atoms with Crippen LogP contribution >= 0.6 is 0 Å². The lowest BCUT2D eigenvalue weighted by atomic mass is 9.65. The summed E-state index contributed by atoms with van der Waals surface area (Å²) in [5.41, 5.74) is 13.5. The van der Waals surface area contributed by atoms with Crippen LogP contribution in [0.4, 0.5) is 0 Å². The molecule has 2 aromatic heterocycles. The van der Waals surface area contributed by atoms with Crippen LogP contribution in [0.15, 0.2) is 188 Å².